The van der Waals surface area contributed by atoms with Crippen LogP contribution in [0.2, 0.25) is 0 Å². The Morgan fingerprint density at radius 3 is 2.74 bits per heavy atom. The summed E-state index contributed by atoms with van der Waals surface area (Å²) in [5.74, 6) is -0.586. The van der Waals surface area contributed by atoms with Crippen molar-refractivity contribution in [3.63, 3.8) is 0 Å². The van der Waals surface area contributed by atoms with Crippen LogP contribution in [0.3, 0.4) is 0 Å². The lowest BCUT2D eigenvalue weighted by Crippen LogP contribution is -2.24. The first-order valence-corrected chi connectivity index (χ1v) is 10.3. The monoisotopic (exact) mass is 459 g/mol. The second kappa shape index (κ2) is 7.67. The Morgan fingerprint density at radius 2 is 2.00 bits per heavy atom. The Morgan fingerprint density at radius 1 is 1.19 bits per heavy atom. The number of carbonyl (C=O) groups is 1. The molecule has 0 fully saturated rings. The normalized spacial score (nSPS) is 11.3. The molecule has 0 radical (unpaired) electrons. The minimum atomic E-state index is -0.324. The topological polar surface area (TPSA) is 45.6 Å². The predicted octanol–water partition coefficient (Wildman–Crippen LogP) is 5.94. The van der Waals surface area contributed by atoms with Gasteiger partial charge in [-0.05, 0) is 47.3 Å². The summed E-state index contributed by atoms with van der Waals surface area (Å²) in [6.45, 7) is 0. The third-order valence-electron chi connectivity index (χ3n) is 3.64. The van der Waals surface area contributed by atoms with E-state index in [0.717, 1.165) is 14.7 Å². The number of hydrogen-bond acceptors (Lipinski definition) is 5. The molecule has 8 heteroatoms. The van der Waals surface area contributed by atoms with E-state index in [2.05, 4.69) is 26.0 Å². The summed E-state index contributed by atoms with van der Waals surface area (Å²) in [5.41, 5.74) is 1.48. The van der Waals surface area contributed by atoms with Gasteiger partial charge in [0.1, 0.15) is 5.82 Å². The van der Waals surface area contributed by atoms with Crippen LogP contribution in [0, 0.1) is 5.82 Å². The van der Waals surface area contributed by atoms with Crippen LogP contribution in [0.4, 0.5) is 9.52 Å². The van der Waals surface area contributed by atoms with E-state index >= 15 is 0 Å². The molecular weight excluding hydrogens is 449 g/mol. The minimum Gasteiger partial charge on any atom is -0.266 e. The summed E-state index contributed by atoms with van der Waals surface area (Å²) < 4.78 is 15.0. The van der Waals surface area contributed by atoms with Crippen molar-refractivity contribution < 1.29 is 9.18 Å². The van der Waals surface area contributed by atoms with Gasteiger partial charge in [-0.2, -0.15) is 10.1 Å². The second-order valence-electron chi connectivity index (χ2n) is 5.50. The number of thiazole rings is 1. The number of aromatic nitrogens is 1. The first-order valence-electron chi connectivity index (χ1n) is 7.84. The highest BCUT2D eigenvalue weighted by Crippen LogP contribution is 2.32. The fraction of sp³-hybridized carbons (Fsp3) is 0. The highest BCUT2D eigenvalue weighted by molar-refractivity contribution is 9.10. The Labute approximate surface area is 170 Å². The van der Waals surface area contributed by atoms with Gasteiger partial charge in [0.25, 0.3) is 5.91 Å². The summed E-state index contributed by atoms with van der Waals surface area (Å²) in [4.78, 5) is 18.1. The smallest absolute Gasteiger partial charge is 0.266 e. The van der Waals surface area contributed by atoms with Crippen molar-refractivity contribution in [1.82, 2.24) is 4.98 Å². The maximum atomic E-state index is 13.1. The van der Waals surface area contributed by atoms with E-state index in [0.29, 0.717) is 15.6 Å². The Kier molecular flexibility index (Phi) is 5.11. The number of hydrazone groups is 1. The number of hydrogen-bond donors (Lipinski definition) is 0. The number of benzene rings is 2. The molecule has 0 aliphatic heterocycles. The molecule has 0 aliphatic rings. The molecule has 2 aromatic carbocycles. The van der Waals surface area contributed by atoms with E-state index in [9.17, 15) is 9.18 Å². The van der Waals surface area contributed by atoms with Gasteiger partial charge < -0.3 is 0 Å². The molecule has 27 heavy (non-hydrogen) atoms. The van der Waals surface area contributed by atoms with Crippen molar-refractivity contribution in [3.05, 3.63) is 80.7 Å². The van der Waals surface area contributed by atoms with Crippen molar-refractivity contribution in [2.24, 2.45) is 5.10 Å². The van der Waals surface area contributed by atoms with Crippen LogP contribution in [-0.2, 0) is 0 Å². The summed E-state index contributed by atoms with van der Waals surface area (Å²) in [7, 11) is 0. The van der Waals surface area contributed by atoms with Crippen molar-refractivity contribution in [1.29, 1.82) is 0 Å². The Hall–Kier alpha value is -2.42. The Bertz CT molecular complexity index is 1120. The molecule has 4 rings (SSSR count). The summed E-state index contributed by atoms with van der Waals surface area (Å²) >= 11 is 6.17. The van der Waals surface area contributed by atoms with E-state index in [1.54, 1.807) is 18.2 Å². The molecule has 0 atom stereocenters. The van der Waals surface area contributed by atoms with Crippen LogP contribution in [0.1, 0.15) is 15.2 Å². The maximum absolute atomic E-state index is 13.1. The fourth-order valence-corrected chi connectivity index (χ4v) is 4.47. The van der Waals surface area contributed by atoms with E-state index in [1.807, 2.05) is 29.6 Å². The van der Waals surface area contributed by atoms with Crippen LogP contribution in [0.25, 0.3) is 10.2 Å². The molecule has 2 aromatic heterocycles. The standard InChI is InChI=1S/C19H11BrFN3OS2/c20-13-5-8-15-17(10-13)27-19(23-15)24(18(25)16-2-1-9-26-16)22-11-12-3-6-14(21)7-4-12/h1-11H/b22-11+. The molecule has 1 amide bonds. The lowest BCUT2D eigenvalue weighted by Gasteiger charge is -2.12. The van der Waals surface area contributed by atoms with Gasteiger partial charge in [-0.25, -0.2) is 9.37 Å². The molecule has 134 valence electrons. The lowest BCUT2D eigenvalue weighted by molar-refractivity contribution is 0.0991. The van der Waals surface area contributed by atoms with Crippen LogP contribution in [-0.4, -0.2) is 17.1 Å². The molecule has 0 N–H and O–H groups in total. The second-order valence-corrected chi connectivity index (χ2v) is 8.37. The molecule has 2 heterocycles. The van der Waals surface area contributed by atoms with Gasteiger partial charge >= 0.3 is 0 Å². The molecule has 0 saturated heterocycles. The number of thiophene rings is 1. The van der Waals surface area contributed by atoms with Gasteiger partial charge in [0.05, 0.1) is 21.3 Å². The molecule has 4 aromatic rings. The largest absolute Gasteiger partial charge is 0.290 e. The van der Waals surface area contributed by atoms with Gasteiger partial charge in [-0.3, -0.25) is 4.79 Å². The number of rotatable bonds is 4. The zero-order valence-electron chi connectivity index (χ0n) is 13.7. The number of amides is 1. The van der Waals surface area contributed by atoms with Crippen LogP contribution < -0.4 is 5.01 Å². The third-order valence-corrected chi connectivity index (χ3v) is 5.98. The highest BCUT2D eigenvalue weighted by Gasteiger charge is 2.21. The molecule has 0 spiro atoms. The number of halogens is 2. The summed E-state index contributed by atoms with van der Waals surface area (Å²) in [6.07, 6.45) is 1.52. The molecule has 0 aliphatic carbocycles. The minimum absolute atomic E-state index is 0.263. The first kappa shape index (κ1) is 18.0. The molecule has 0 bridgehead atoms. The molecular formula is C19H11BrFN3OS2. The van der Waals surface area contributed by atoms with Gasteiger partial charge in [0.2, 0.25) is 5.13 Å². The van der Waals surface area contributed by atoms with Crippen LogP contribution in [0.5, 0.6) is 0 Å². The van der Waals surface area contributed by atoms with Gasteiger partial charge in [-0.15, -0.1) is 11.3 Å². The molecule has 0 saturated carbocycles. The number of nitrogens with zero attached hydrogens (tertiary/aromatic N) is 3. The third kappa shape index (κ3) is 3.97. The number of anilines is 1. The van der Waals surface area contributed by atoms with Crippen molar-refractivity contribution in [3.8, 4) is 0 Å². The SMILES string of the molecule is O=C(c1cccs1)N(/N=C/c1ccc(F)cc1)c1nc2ccc(Br)cc2s1. The zero-order chi connectivity index (χ0) is 18.8. The predicted molar refractivity (Wildman–Crippen MR) is 112 cm³/mol. The van der Waals surface area contributed by atoms with Crippen molar-refractivity contribution >= 4 is 66.1 Å². The molecule has 0 unspecified atom stereocenters. The average Bonchev–Trinajstić information content (AvgIpc) is 3.32. The summed E-state index contributed by atoms with van der Waals surface area (Å²) in [6, 6.07) is 15.2. The van der Waals surface area contributed by atoms with Crippen molar-refractivity contribution in [2.45, 2.75) is 0 Å². The van der Waals surface area contributed by atoms with Crippen molar-refractivity contribution in [2.75, 3.05) is 5.01 Å². The van der Waals surface area contributed by atoms with Gasteiger partial charge in [0, 0.05) is 4.47 Å². The Balaban J connectivity index is 1.74. The van der Waals surface area contributed by atoms with E-state index in [-0.39, 0.29) is 11.7 Å². The fourth-order valence-electron chi connectivity index (χ4n) is 2.34. The summed E-state index contributed by atoms with van der Waals surface area (Å²) in [5, 5.41) is 7.94. The van der Waals surface area contributed by atoms with E-state index in [4.69, 9.17) is 0 Å². The van der Waals surface area contributed by atoms with Crippen LogP contribution in [0.15, 0.2) is 69.6 Å². The quantitative estimate of drug-likeness (QED) is 0.280. The molecule has 4 nitrogen and oxygen atoms in total. The zero-order valence-corrected chi connectivity index (χ0v) is 16.9. The highest BCUT2D eigenvalue weighted by atomic mass is 79.9. The first-order chi connectivity index (χ1) is 13.1. The van der Waals surface area contributed by atoms with E-state index < -0.39 is 0 Å². The lowest BCUT2D eigenvalue weighted by atomic mass is 10.2. The average molecular weight is 460 g/mol. The van der Waals surface area contributed by atoms with Gasteiger partial charge in [0.15, 0.2) is 0 Å². The van der Waals surface area contributed by atoms with Gasteiger partial charge in [-0.1, -0.05) is 45.5 Å². The van der Waals surface area contributed by atoms with E-state index in [1.165, 1.54) is 46.0 Å². The number of fused-ring (bicyclic) bond motifs is 1. The number of carbonyl (C=O) groups excluding carboxylic acids is 1. The van der Waals surface area contributed by atoms with Crippen LogP contribution >= 0.6 is 38.6 Å². The maximum Gasteiger partial charge on any atom is 0.290 e.